The molecule has 7 heteroatoms. The van der Waals surface area contributed by atoms with Crippen molar-refractivity contribution in [2.45, 2.75) is 116 Å². The Morgan fingerprint density at radius 1 is 0.971 bits per heavy atom. The van der Waals surface area contributed by atoms with Gasteiger partial charge >= 0.3 is 6.09 Å². The molecule has 0 aromatic heterocycles. The first-order chi connectivity index (χ1) is 15.9. The van der Waals surface area contributed by atoms with E-state index in [0.29, 0.717) is 0 Å². The first kappa shape index (κ1) is 26.0. The number of carbonyl (C=O) groups is 3. The van der Waals surface area contributed by atoms with E-state index in [1.807, 2.05) is 26.0 Å². The second kappa shape index (κ2) is 10.8. The van der Waals surface area contributed by atoms with Crippen molar-refractivity contribution in [3.8, 4) is 0 Å². The molecule has 0 radical (unpaired) electrons. The van der Waals surface area contributed by atoms with Crippen molar-refractivity contribution in [1.29, 1.82) is 0 Å². The monoisotopic (exact) mass is 471 g/mol. The lowest BCUT2D eigenvalue weighted by Crippen LogP contribution is -2.53. The van der Waals surface area contributed by atoms with Gasteiger partial charge in [-0.3, -0.25) is 9.59 Å². The molecule has 7 nitrogen and oxygen atoms in total. The van der Waals surface area contributed by atoms with E-state index in [4.69, 9.17) is 4.74 Å². The molecule has 2 saturated carbocycles. The molecule has 0 saturated heterocycles. The van der Waals surface area contributed by atoms with E-state index in [2.05, 4.69) is 16.7 Å². The summed E-state index contributed by atoms with van der Waals surface area (Å²) in [4.78, 5) is 41.4. The lowest BCUT2D eigenvalue weighted by Gasteiger charge is -2.35. The maximum absolute atomic E-state index is 13.7. The summed E-state index contributed by atoms with van der Waals surface area (Å²) in [5, 5.41) is 5.90. The van der Waals surface area contributed by atoms with Crippen molar-refractivity contribution < 1.29 is 19.1 Å². The molecule has 0 heterocycles. The standard InChI is InChI=1S/C27H41N3O4/c1-17-14-18(2)16-20(15-17)23(24(31)29-21-10-8-7-9-11-21)30(22-12-13-22)25(32)19(3)28-26(33)34-27(4,5)6/h14-16,19,21-23H,7-13H2,1-6H3,(H,28,33)(H,29,31). The molecule has 2 aliphatic rings. The molecule has 188 valence electrons. The number of nitrogens with one attached hydrogen (secondary N) is 2. The van der Waals surface area contributed by atoms with Crippen LogP contribution in [-0.2, 0) is 14.3 Å². The molecule has 1 aromatic rings. The molecule has 3 rings (SSSR count). The number of amides is 3. The molecular weight excluding hydrogens is 430 g/mol. The third-order valence-corrected chi connectivity index (χ3v) is 6.34. The molecule has 3 amide bonds. The minimum Gasteiger partial charge on any atom is -0.444 e. The highest BCUT2D eigenvalue weighted by Crippen LogP contribution is 2.36. The predicted octanol–water partition coefficient (Wildman–Crippen LogP) is 4.70. The van der Waals surface area contributed by atoms with Gasteiger partial charge < -0.3 is 20.3 Å². The van der Waals surface area contributed by atoms with E-state index in [9.17, 15) is 14.4 Å². The van der Waals surface area contributed by atoms with E-state index >= 15 is 0 Å². The highest BCUT2D eigenvalue weighted by atomic mass is 16.6. The van der Waals surface area contributed by atoms with Crippen LogP contribution in [0.4, 0.5) is 4.79 Å². The first-order valence-electron chi connectivity index (χ1n) is 12.6. The molecule has 0 spiro atoms. The van der Waals surface area contributed by atoms with Crippen LogP contribution in [0.2, 0.25) is 0 Å². The largest absolute Gasteiger partial charge is 0.444 e. The Bertz CT molecular complexity index is 877. The Morgan fingerprint density at radius 3 is 2.09 bits per heavy atom. The fraction of sp³-hybridized carbons (Fsp3) is 0.667. The summed E-state index contributed by atoms with van der Waals surface area (Å²) in [7, 11) is 0. The number of carbonyl (C=O) groups excluding carboxylic acids is 3. The zero-order valence-corrected chi connectivity index (χ0v) is 21.6. The number of hydrogen-bond acceptors (Lipinski definition) is 4. The molecule has 2 atom stereocenters. The first-order valence-corrected chi connectivity index (χ1v) is 12.6. The number of ether oxygens (including phenoxy) is 1. The van der Waals surface area contributed by atoms with Gasteiger partial charge in [-0.15, -0.1) is 0 Å². The molecule has 0 aliphatic heterocycles. The van der Waals surface area contributed by atoms with Gasteiger partial charge in [0.05, 0.1) is 0 Å². The van der Waals surface area contributed by atoms with Gasteiger partial charge in [0.25, 0.3) is 0 Å². The van der Waals surface area contributed by atoms with Crippen LogP contribution < -0.4 is 10.6 Å². The van der Waals surface area contributed by atoms with E-state index in [0.717, 1.165) is 55.2 Å². The molecule has 2 aliphatic carbocycles. The second-order valence-electron chi connectivity index (χ2n) is 11.0. The van der Waals surface area contributed by atoms with Crippen molar-refractivity contribution in [1.82, 2.24) is 15.5 Å². The van der Waals surface area contributed by atoms with Crippen LogP contribution in [0.15, 0.2) is 18.2 Å². The number of aryl methyl sites for hydroxylation is 2. The van der Waals surface area contributed by atoms with Gasteiger partial charge in [-0.05, 0) is 72.8 Å². The molecule has 2 N–H and O–H groups in total. The van der Waals surface area contributed by atoms with Gasteiger partial charge in [0, 0.05) is 12.1 Å². The SMILES string of the molecule is Cc1cc(C)cc(C(C(=O)NC2CCCCC2)N(C(=O)C(C)NC(=O)OC(C)(C)C)C2CC2)c1. The lowest BCUT2D eigenvalue weighted by molar-refractivity contribution is -0.143. The number of nitrogens with zero attached hydrogens (tertiary/aromatic N) is 1. The summed E-state index contributed by atoms with van der Waals surface area (Å²) in [6.45, 7) is 11.0. The summed E-state index contributed by atoms with van der Waals surface area (Å²) in [6.07, 6.45) is 6.43. The highest BCUT2D eigenvalue weighted by molar-refractivity contribution is 5.92. The Labute approximate surface area is 204 Å². The van der Waals surface area contributed by atoms with Gasteiger partial charge in [0.15, 0.2) is 0 Å². The fourth-order valence-electron chi connectivity index (χ4n) is 4.77. The smallest absolute Gasteiger partial charge is 0.408 e. The molecule has 34 heavy (non-hydrogen) atoms. The lowest BCUT2D eigenvalue weighted by atomic mass is 9.94. The Kier molecular flexibility index (Phi) is 8.26. The molecule has 2 unspecified atom stereocenters. The average Bonchev–Trinajstić information content (AvgIpc) is 3.54. The molecule has 1 aromatic carbocycles. The van der Waals surface area contributed by atoms with Gasteiger partial charge in [-0.1, -0.05) is 48.6 Å². The summed E-state index contributed by atoms with van der Waals surface area (Å²) in [5.74, 6) is -0.405. The third kappa shape index (κ3) is 7.21. The van der Waals surface area contributed by atoms with E-state index in [1.54, 1.807) is 32.6 Å². The van der Waals surface area contributed by atoms with Crippen molar-refractivity contribution in [2.24, 2.45) is 0 Å². The van der Waals surface area contributed by atoms with Crippen LogP contribution in [0.5, 0.6) is 0 Å². The highest BCUT2D eigenvalue weighted by Gasteiger charge is 2.43. The number of benzene rings is 1. The van der Waals surface area contributed by atoms with Crippen molar-refractivity contribution >= 4 is 17.9 Å². The Hall–Kier alpha value is -2.57. The number of rotatable bonds is 7. The van der Waals surface area contributed by atoms with Crippen molar-refractivity contribution in [3.63, 3.8) is 0 Å². The average molecular weight is 472 g/mol. The van der Waals surface area contributed by atoms with Crippen LogP contribution in [0, 0.1) is 13.8 Å². The van der Waals surface area contributed by atoms with Crippen LogP contribution in [-0.4, -0.2) is 46.5 Å². The molecule has 2 fully saturated rings. The van der Waals surface area contributed by atoms with Crippen LogP contribution in [0.1, 0.15) is 95.4 Å². The molecule has 0 bridgehead atoms. The van der Waals surface area contributed by atoms with Crippen LogP contribution in [0.3, 0.4) is 0 Å². The second-order valence-corrected chi connectivity index (χ2v) is 11.0. The van der Waals surface area contributed by atoms with Gasteiger partial charge in [0.1, 0.15) is 17.7 Å². The van der Waals surface area contributed by atoms with Crippen LogP contribution in [0.25, 0.3) is 0 Å². The van der Waals surface area contributed by atoms with Gasteiger partial charge in [-0.2, -0.15) is 0 Å². The van der Waals surface area contributed by atoms with Gasteiger partial charge in [0.2, 0.25) is 11.8 Å². The van der Waals surface area contributed by atoms with Gasteiger partial charge in [-0.25, -0.2) is 4.79 Å². The zero-order valence-electron chi connectivity index (χ0n) is 21.6. The predicted molar refractivity (Wildman–Crippen MR) is 132 cm³/mol. The minimum absolute atomic E-state index is 0.0155. The fourth-order valence-corrected chi connectivity index (χ4v) is 4.77. The van der Waals surface area contributed by atoms with Crippen molar-refractivity contribution in [3.05, 3.63) is 34.9 Å². The summed E-state index contributed by atoms with van der Waals surface area (Å²) in [6, 6.07) is 4.63. The van der Waals surface area contributed by atoms with Crippen LogP contribution >= 0.6 is 0 Å². The Balaban J connectivity index is 1.88. The quantitative estimate of drug-likeness (QED) is 0.603. The maximum atomic E-state index is 13.7. The molecular formula is C27H41N3O4. The van der Waals surface area contributed by atoms with E-state index in [-0.39, 0.29) is 23.9 Å². The third-order valence-electron chi connectivity index (χ3n) is 6.34. The normalized spacial score (nSPS) is 18.5. The number of alkyl carbamates (subject to hydrolysis) is 1. The summed E-state index contributed by atoms with van der Waals surface area (Å²) >= 11 is 0. The number of hydrogen-bond donors (Lipinski definition) is 2. The zero-order chi connectivity index (χ0) is 25.0. The summed E-state index contributed by atoms with van der Waals surface area (Å²) < 4.78 is 5.34. The minimum atomic E-state index is -0.814. The summed E-state index contributed by atoms with van der Waals surface area (Å²) in [5.41, 5.74) is 2.25. The maximum Gasteiger partial charge on any atom is 0.408 e. The van der Waals surface area contributed by atoms with E-state index < -0.39 is 23.8 Å². The Morgan fingerprint density at radius 2 is 1.56 bits per heavy atom. The van der Waals surface area contributed by atoms with E-state index in [1.165, 1.54) is 6.42 Å². The van der Waals surface area contributed by atoms with Crippen molar-refractivity contribution in [2.75, 3.05) is 0 Å². The topological polar surface area (TPSA) is 87.7 Å².